The lowest BCUT2D eigenvalue weighted by atomic mass is 9.87. The van der Waals surface area contributed by atoms with Crippen LogP contribution in [0.5, 0.6) is 0 Å². The van der Waals surface area contributed by atoms with Crippen LogP contribution in [0.3, 0.4) is 0 Å². The van der Waals surface area contributed by atoms with Crippen LogP contribution < -0.4 is 0 Å². The Balaban J connectivity index is 2.09. The van der Waals surface area contributed by atoms with Crippen molar-refractivity contribution in [3.05, 3.63) is 18.1 Å². The highest BCUT2D eigenvalue weighted by Crippen LogP contribution is 2.28. The number of allylic oxidation sites excluding steroid dienone is 2. The van der Waals surface area contributed by atoms with E-state index in [9.17, 15) is 0 Å². The topological polar surface area (TPSA) is 0 Å². The molecule has 1 aliphatic carbocycles. The maximum Gasteiger partial charge on any atom is -0.0203 e. The minimum absolute atomic E-state index is 1.19. The van der Waals surface area contributed by atoms with Crippen LogP contribution in [-0.4, -0.2) is 0 Å². The average Bonchev–Trinajstić information content (AvgIpc) is 2.07. The average molecular weight is 151 g/mol. The van der Waals surface area contributed by atoms with Crippen LogP contribution in [0.1, 0.15) is 51.9 Å². The summed E-state index contributed by atoms with van der Waals surface area (Å²) < 4.78 is 0. The van der Waals surface area contributed by atoms with Crippen molar-refractivity contribution in [1.82, 2.24) is 0 Å². The maximum absolute atomic E-state index is 2.33. The quantitative estimate of drug-likeness (QED) is 0.537. The zero-order valence-corrected chi connectivity index (χ0v) is 7.60. The molecule has 0 amide bonds. The lowest BCUT2D eigenvalue weighted by Crippen LogP contribution is -2.02. The van der Waals surface area contributed by atoms with Gasteiger partial charge in [-0.15, -0.1) is 0 Å². The Hall–Kier alpha value is -0.260. The van der Waals surface area contributed by atoms with Crippen molar-refractivity contribution in [2.75, 3.05) is 0 Å². The second-order valence-electron chi connectivity index (χ2n) is 3.39. The van der Waals surface area contributed by atoms with Gasteiger partial charge in [0.2, 0.25) is 0 Å². The molecule has 1 fully saturated rings. The molecule has 0 aromatic heterocycles. The molecule has 0 aromatic carbocycles. The van der Waals surface area contributed by atoms with Gasteiger partial charge in [-0.05, 0) is 31.6 Å². The van der Waals surface area contributed by atoms with Gasteiger partial charge in [-0.3, -0.25) is 0 Å². The maximum atomic E-state index is 2.33. The lowest BCUT2D eigenvalue weighted by molar-refractivity contribution is 0.523. The van der Waals surface area contributed by atoms with Crippen LogP contribution in [0.4, 0.5) is 0 Å². The molecule has 0 spiro atoms. The molecule has 1 aliphatic rings. The highest BCUT2D eigenvalue weighted by atomic mass is 14.2. The number of hydrogen-bond acceptors (Lipinski definition) is 0. The Labute approximate surface area is 70.7 Å². The first-order chi connectivity index (χ1) is 5.43. The van der Waals surface area contributed by atoms with E-state index in [0.29, 0.717) is 0 Å². The van der Waals surface area contributed by atoms with Crippen molar-refractivity contribution >= 4 is 0 Å². The van der Waals surface area contributed by atoms with Crippen LogP contribution in [0.25, 0.3) is 0 Å². The van der Waals surface area contributed by atoms with Crippen LogP contribution in [0.2, 0.25) is 0 Å². The summed E-state index contributed by atoms with van der Waals surface area (Å²) in [5, 5.41) is 0. The van der Waals surface area contributed by atoms with Crippen LogP contribution >= 0.6 is 0 Å². The highest BCUT2D eigenvalue weighted by molar-refractivity contribution is 4.99. The molecule has 1 saturated carbocycles. The molecule has 0 heteroatoms. The molecular weight excluding hydrogens is 132 g/mol. The van der Waals surface area contributed by atoms with E-state index in [0.717, 1.165) is 0 Å². The summed E-state index contributed by atoms with van der Waals surface area (Å²) in [5.41, 5.74) is 0. The smallest absolute Gasteiger partial charge is 0.0203 e. The number of hydrogen-bond donors (Lipinski definition) is 0. The van der Waals surface area contributed by atoms with E-state index in [2.05, 4.69) is 19.1 Å². The van der Waals surface area contributed by atoms with Gasteiger partial charge in [0.25, 0.3) is 0 Å². The summed E-state index contributed by atoms with van der Waals surface area (Å²) in [6, 6.07) is 0. The van der Waals surface area contributed by atoms with Crippen LogP contribution in [0, 0.1) is 5.92 Å². The third-order valence-corrected chi connectivity index (χ3v) is 2.37. The molecule has 0 bridgehead atoms. The van der Waals surface area contributed by atoms with E-state index in [-0.39, 0.29) is 0 Å². The molecular formula is C11H19. The molecule has 1 rings (SSSR count). The Morgan fingerprint density at radius 1 is 1.09 bits per heavy atom. The van der Waals surface area contributed by atoms with Crippen LogP contribution in [0.15, 0.2) is 12.2 Å². The molecule has 1 radical (unpaired) electrons. The Kier molecular flexibility index (Phi) is 4.33. The summed E-state index contributed by atoms with van der Waals surface area (Å²) >= 11 is 0. The molecule has 0 heterocycles. The van der Waals surface area contributed by atoms with E-state index in [4.69, 9.17) is 0 Å². The Morgan fingerprint density at radius 2 is 1.82 bits per heavy atom. The summed E-state index contributed by atoms with van der Waals surface area (Å²) in [4.78, 5) is 0. The third-order valence-electron chi connectivity index (χ3n) is 2.37. The SMILES string of the molecule is CC/C=C/C[C]1CCCCC1. The van der Waals surface area contributed by atoms with Gasteiger partial charge in [0.1, 0.15) is 0 Å². The summed E-state index contributed by atoms with van der Waals surface area (Å²) in [6.45, 7) is 2.20. The van der Waals surface area contributed by atoms with Gasteiger partial charge in [0, 0.05) is 0 Å². The highest BCUT2D eigenvalue weighted by Gasteiger charge is 2.11. The first kappa shape index (κ1) is 8.83. The predicted octanol–water partition coefficient (Wildman–Crippen LogP) is 3.88. The summed E-state index contributed by atoms with van der Waals surface area (Å²) in [7, 11) is 0. The van der Waals surface area contributed by atoms with Crippen molar-refractivity contribution in [3.8, 4) is 0 Å². The lowest BCUT2D eigenvalue weighted by Gasteiger charge is -2.18. The largest absolute Gasteiger partial charge is 0.0888 e. The molecule has 0 atom stereocenters. The van der Waals surface area contributed by atoms with E-state index < -0.39 is 0 Å². The fraction of sp³-hybridized carbons (Fsp3) is 0.727. The summed E-state index contributed by atoms with van der Waals surface area (Å²) in [5.74, 6) is 1.78. The molecule has 63 valence electrons. The van der Waals surface area contributed by atoms with Gasteiger partial charge in [-0.2, -0.15) is 0 Å². The van der Waals surface area contributed by atoms with Gasteiger partial charge in [-0.1, -0.05) is 38.3 Å². The second kappa shape index (κ2) is 5.40. The van der Waals surface area contributed by atoms with Gasteiger partial charge in [0.05, 0.1) is 0 Å². The van der Waals surface area contributed by atoms with Gasteiger partial charge < -0.3 is 0 Å². The molecule has 0 nitrogen and oxygen atoms in total. The minimum atomic E-state index is 1.19. The van der Waals surface area contributed by atoms with Crippen molar-refractivity contribution in [2.24, 2.45) is 0 Å². The van der Waals surface area contributed by atoms with Gasteiger partial charge in [-0.25, -0.2) is 0 Å². The van der Waals surface area contributed by atoms with E-state index in [1.54, 1.807) is 5.92 Å². The van der Waals surface area contributed by atoms with Crippen LogP contribution in [-0.2, 0) is 0 Å². The zero-order chi connectivity index (χ0) is 7.94. The molecule has 0 N–H and O–H groups in total. The molecule has 0 saturated heterocycles. The number of rotatable bonds is 3. The van der Waals surface area contributed by atoms with Gasteiger partial charge in [0.15, 0.2) is 0 Å². The molecule has 0 aliphatic heterocycles. The fourth-order valence-electron chi connectivity index (χ4n) is 1.67. The Morgan fingerprint density at radius 3 is 2.45 bits per heavy atom. The van der Waals surface area contributed by atoms with Crippen molar-refractivity contribution < 1.29 is 0 Å². The normalized spacial score (nSPS) is 21.2. The first-order valence-corrected chi connectivity index (χ1v) is 4.92. The molecule has 0 unspecified atom stereocenters. The monoisotopic (exact) mass is 151 g/mol. The minimum Gasteiger partial charge on any atom is -0.0888 e. The summed E-state index contributed by atoms with van der Waals surface area (Å²) in [6.07, 6.45) is 14.2. The van der Waals surface area contributed by atoms with E-state index in [1.807, 2.05) is 0 Å². The molecule has 0 aromatic rings. The first-order valence-electron chi connectivity index (χ1n) is 4.92. The Bertz CT molecular complexity index is 107. The second-order valence-corrected chi connectivity index (χ2v) is 3.39. The van der Waals surface area contributed by atoms with E-state index in [1.165, 1.54) is 44.9 Å². The molecule has 11 heavy (non-hydrogen) atoms. The fourth-order valence-corrected chi connectivity index (χ4v) is 1.67. The standard InChI is InChI=1S/C11H19/c1-2-3-5-8-11-9-6-4-7-10-11/h3,5H,2,4,6-10H2,1H3/b5-3+. The third kappa shape index (κ3) is 3.60. The zero-order valence-electron chi connectivity index (χ0n) is 7.60. The van der Waals surface area contributed by atoms with Crippen molar-refractivity contribution in [2.45, 2.75) is 51.9 Å². The van der Waals surface area contributed by atoms with Crippen molar-refractivity contribution in [3.63, 3.8) is 0 Å². The van der Waals surface area contributed by atoms with Gasteiger partial charge >= 0.3 is 0 Å². The van der Waals surface area contributed by atoms with Crippen molar-refractivity contribution in [1.29, 1.82) is 0 Å². The predicted molar refractivity (Wildman–Crippen MR) is 50.4 cm³/mol. The van der Waals surface area contributed by atoms with E-state index >= 15 is 0 Å².